The third-order valence-electron chi connectivity index (χ3n) is 2.66. The molecule has 1 amide bonds. The summed E-state index contributed by atoms with van der Waals surface area (Å²) in [6.07, 6.45) is 0. The van der Waals surface area contributed by atoms with Crippen LogP contribution in [0, 0.1) is 12.7 Å². The molecule has 0 atom stereocenters. The van der Waals surface area contributed by atoms with Crippen LogP contribution in [0.25, 0.3) is 0 Å². The van der Waals surface area contributed by atoms with Gasteiger partial charge in [0.2, 0.25) is 5.95 Å². The number of nitrogens with one attached hydrogen (secondary N) is 2. The molecule has 6 heteroatoms. The molecule has 0 aliphatic carbocycles. The molecule has 0 aliphatic rings. The minimum atomic E-state index is -0.358. The lowest BCUT2D eigenvalue weighted by Gasteiger charge is -2.20. The van der Waals surface area contributed by atoms with Crippen molar-refractivity contribution in [3.63, 3.8) is 0 Å². The summed E-state index contributed by atoms with van der Waals surface area (Å²) in [5, 5.41) is 5.75. The predicted octanol–water partition coefficient (Wildman–Crippen LogP) is 3.20. The lowest BCUT2D eigenvalue weighted by atomic mass is 10.1. The second-order valence-electron chi connectivity index (χ2n) is 6.06. The van der Waals surface area contributed by atoms with E-state index in [0.29, 0.717) is 11.4 Å². The van der Waals surface area contributed by atoms with Crippen LogP contribution in [0.2, 0.25) is 0 Å². The Kier molecular flexibility index (Phi) is 4.40. The van der Waals surface area contributed by atoms with Crippen LogP contribution in [0.5, 0.6) is 0 Å². The fraction of sp³-hybridized carbons (Fsp3) is 0.312. The summed E-state index contributed by atoms with van der Waals surface area (Å²) in [4.78, 5) is 20.6. The fourth-order valence-electron chi connectivity index (χ4n) is 1.84. The number of rotatable bonds is 3. The molecule has 0 saturated heterocycles. The van der Waals surface area contributed by atoms with E-state index >= 15 is 0 Å². The number of carbonyl (C=O) groups is 1. The van der Waals surface area contributed by atoms with Crippen molar-refractivity contribution in [2.75, 3.05) is 5.32 Å². The number of hydrogen-bond acceptors (Lipinski definition) is 4. The second-order valence-corrected chi connectivity index (χ2v) is 6.06. The lowest BCUT2D eigenvalue weighted by Crippen LogP contribution is -2.41. The van der Waals surface area contributed by atoms with E-state index in [9.17, 15) is 9.18 Å². The Balaban J connectivity index is 2.25. The Morgan fingerprint density at radius 1 is 1.18 bits per heavy atom. The van der Waals surface area contributed by atoms with Crippen LogP contribution >= 0.6 is 0 Å². The van der Waals surface area contributed by atoms with E-state index in [-0.39, 0.29) is 28.9 Å². The largest absolute Gasteiger partial charge is 0.346 e. The average Bonchev–Trinajstić information content (AvgIpc) is 2.36. The molecule has 2 N–H and O–H groups in total. The molecule has 0 unspecified atom stereocenters. The zero-order valence-corrected chi connectivity index (χ0v) is 13.1. The molecule has 1 aromatic heterocycles. The van der Waals surface area contributed by atoms with Gasteiger partial charge in [0.25, 0.3) is 5.91 Å². The third-order valence-corrected chi connectivity index (χ3v) is 2.66. The van der Waals surface area contributed by atoms with E-state index in [4.69, 9.17) is 0 Å². The van der Waals surface area contributed by atoms with Gasteiger partial charge in [0.1, 0.15) is 11.5 Å². The Hall–Kier alpha value is -2.50. The smallest absolute Gasteiger partial charge is 0.270 e. The molecular formula is C16H19FN4O. The molecule has 2 rings (SSSR count). The summed E-state index contributed by atoms with van der Waals surface area (Å²) in [6, 6.07) is 7.58. The van der Waals surface area contributed by atoms with E-state index in [1.807, 2.05) is 20.8 Å². The second kappa shape index (κ2) is 6.09. The Bertz CT molecular complexity index is 695. The van der Waals surface area contributed by atoms with Crippen molar-refractivity contribution in [2.24, 2.45) is 0 Å². The van der Waals surface area contributed by atoms with Crippen molar-refractivity contribution in [3.8, 4) is 0 Å². The number of nitrogens with zero attached hydrogens (tertiary/aromatic N) is 2. The summed E-state index contributed by atoms with van der Waals surface area (Å²) < 4.78 is 13.2. The molecule has 5 nitrogen and oxygen atoms in total. The number of hydrogen-bond donors (Lipinski definition) is 2. The molecule has 1 aromatic carbocycles. The molecule has 0 fully saturated rings. The highest BCUT2D eigenvalue weighted by atomic mass is 19.1. The maximum absolute atomic E-state index is 13.2. The topological polar surface area (TPSA) is 66.9 Å². The number of aromatic nitrogens is 2. The first-order valence-corrected chi connectivity index (χ1v) is 6.94. The highest BCUT2D eigenvalue weighted by Crippen LogP contribution is 2.15. The van der Waals surface area contributed by atoms with E-state index in [2.05, 4.69) is 20.6 Å². The molecular weight excluding hydrogens is 283 g/mol. The first kappa shape index (κ1) is 15.9. The molecule has 0 bridgehead atoms. The third kappa shape index (κ3) is 4.51. The van der Waals surface area contributed by atoms with Gasteiger partial charge < -0.3 is 10.6 Å². The summed E-state index contributed by atoms with van der Waals surface area (Å²) in [5.74, 6) is -0.381. The normalized spacial score (nSPS) is 11.1. The quantitative estimate of drug-likeness (QED) is 0.913. The van der Waals surface area contributed by atoms with Gasteiger partial charge in [-0.2, -0.15) is 0 Å². The number of anilines is 2. The summed E-state index contributed by atoms with van der Waals surface area (Å²) >= 11 is 0. The van der Waals surface area contributed by atoms with Crippen molar-refractivity contribution in [1.82, 2.24) is 15.3 Å². The first-order valence-electron chi connectivity index (χ1n) is 6.94. The van der Waals surface area contributed by atoms with E-state index < -0.39 is 0 Å². The minimum Gasteiger partial charge on any atom is -0.346 e. The maximum atomic E-state index is 13.2. The van der Waals surface area contributed by atoms with Gasteiger partial charge in [-0.15, -0.1) is 0 Å². The number of aryl methyl sites for hydroxylation is 1. The zero-order valence-electron chi connectivity index (χ0n) is 13.1. The van der Waals surface area contributed by atoms with Crippen LogP contribution < -0.4 is 10.6 Å². The maximum Gasteiger partial charge on any atom is 0.270 e. The minimum absolute atomic E-state index is 0.254. The van der Waals surface area contributed by atoms with E-state index in [1.54, 1.807) is 25.1 Å². The molecule has 1 heterocycles. The van der Waals surface area contributed by atoms with Crippen molar-refractivity contribution in [2.45, 2.75) is 33.2 Å². The van der Waals surface area contributed by atoms with Gasteiger partial charge >= 0.3 is 0 Å². The van der Waals surface area contributed by atoms with Crippen molar-refractivity contribution in [3.05, 3.63) is 47.5 Å². The number of halogens is 1. The molecule has 116 valence electrons. The van der Waals surface area contributed by atoms with Crippen LogP contribution in [-0.4, -0.2) is 21.4 Å². The van der Waals surface area contributed by atoms with Crippen LogP contribution in [0.1, 0.15) is 37.0 Å². The Morgan fingerprint density at radius 3 is 2.55 bits per heavy atom. The van der Waals surface area contributed by atoms with E-state index in [0.717, 1.165) is 0 Å². The Morgan fingerprint density at radius 2 is 1.91 bits per heavy atom. The zero-order chi connectivity index (χ0) is 16.3. The van der Waals surface area contributed by atoms with Gasteiger partial charge in [-0.25, -0.2) is 14.4 Å². The molecule has 0 saturated carbocycles. The highest BCUT2D eigenvalue weighted by Gasteiger charge is 2.17. The van der Waals surface area contributed by atoms with Crippen LogP contribution in [0.3, 0.4) is 0 Å². The lowest BCUT2D eigenvalue weighted by molar-refractivity contribution is 0.0914. The first-order chi connectivity index (χ1) is 10.2. The van der Waals surface area contributed by atoms with Gasteiger partial charge in [-0.05, 0) is 52.0 Å². The van der Waals surface area contributed by atoms with Crippen LogP contribution in [0.15, 0.2) is 30.3 Å². The summed E-state index contributed by atoms with van der Waals surface area (Å²) in [6.45, 7) is 7.45. The molecule has 0 radical (unpaired) electrons. The number of benzene rings is 1. The number of amides is 1. The van der Waals surface area contributed by atoms with Crippen molar-refractivity contribution < 1.29 is 9.18 Å². The van der Waals surface area contributed by atoms with Gasteiger partial charge in [0, 0.05) is 16.9 Å². The van der Waals surface area contributed by atoms with Gasteiger partial charge in [-0.1, -0.05) is 6.07 Å². The van der Waals surface area contributed by atoms with Gasteiger partial charge in [-0.3, -0.25) is 4.79 Å². The predicted molar refractivity (Wildman–Crippen MR) is 83.7 cm³/mol. The van der Waals surface area contributed by atoms with Crippen LogP contribution in [-0.2, 0) is 0 Å². The standard InChI is InChI=1S/C16H19FN4O/c1-10-8-13(14(22)21-16(2,3)4)20-15(18-10)19-12-7-5-6-11(17)9-12/h5-9H,1-4H3,(H,21,22)(H,18,19,20). The van der Waals surface area contributed by atoms with E-state index in [1.165, 1.54) is 12.1 Å². The monoisotopic (exact) mass is 302 g/mol. The van der Waals surface area contributed by atoms with Crippen molar-refractivity contribution in [1.29, 1.82) is 0 Å². The molecule has 0 spiro atoms. The Labute approximate surface area is 129 Å². The van der Waals surface area contributed by atoms with Crippen LogP contribution in [0.4, 0.5) is 16.0 Å². The molecule has 22 heavy (non-hydrogen) atoms. The van der Waals surface area contributed by atoms with Gasteiger partial charge in [0.05, 0.1) is 0 Å². The average molecular weight is 302 g/mol. The van der Waals surface area contributed by atoms with Gasteiger partial charge in [0.15, 0.2) is 0 Å². The summed E-state index contributed by atoms with van der Waals surface area (Å²) in [5.41, 5.74) is 1.08. The van der Waals surface area contributed by atoms with Crippen molar-refractivity contribution >= 4 is 17.5 Å². The fourth-order valence-corrected chi connectivity index (χ4v) is 1.84. The molecule has 0 aliphatic heterocycles. The SMILES string of the molecule is Cc1cc(C(=O)NC(C)(C)C)nc(Nc2cccc(F)c2)n1. The molecule has 2 aromatic rings. The summed E-state index contributed by atoms with van der Waals surface area (Å²) in [7, 11) is 0. The number of carbonyl (C=O) groups excluding carboxylic acids is 1. The highest BCUT2D eigenvalue weighted by molar-refractivity contribution is 5.93.